The summed E-state index contributed by atoms with van der Waals surface area (Å²) in [4.78, 5) is 7.47. The van der Waals surface area contributed by atoms with Gasteiger partial charge in [-0.3, -0.25) is 4.57 Å². The first-order valence-electron chi connectivity index (χ1n) is 31.7. The van der Waals surface area contributed by atoms with Crippen LogP contribution in [0.25, 0.3) is 82.1 Å². The second-order valence-corrected chi connectivity index (χ2v) is 35.6. The second-order valence-electron chi connectivity index (χ2n) is 27.6. The van der Waals surface area contributed by atoms with Gasteiger partial charge < -0.3 is 0 Å². The van der Waals surface area contributed by atoms with Crippen LogP contribution in [0.3, 0.4) is 0 Å². The first kappa shape index (κ1) is 56.8. The normalized spacial score (nSPS) is 12.9. The van der Waals surface area contributed by atoms with E-state index in [4.69, 9.17) is 9.72 Å². The second kappa shape index (κ2) is 21.8. The van der Waals surface area contributed by atoms with Crippen LogP contribution in [0.1, 0.15) is 79.0 Å². The number of aromatic nitrogens is 3. The summed E-state index contributed by atoms with van der Waals surface area (Å²) in [5.41, 5.74) is 12.6. The van der Waals surface area contributed by atoms with Crippen molar-refractivity contribution in [1.82, 2.24) is 14.1 Å². The first-order valence-corrected chi connectivity index (χ1v) is 35.9. The fraction of sp³-hybridized carbons (Fsp3) is 0.155. The molecule has 90 heavy (non-hydrogen) atoms. The minimum absolute atomic E-state index is 0.0383. The molecule has 3 aromatic heterocycles. The van der Waals surface area contributed by atoms with Crippen molar-refractivity contribution in [2.45, 2.75) is 85.2 Å². The number of pyridine rings is 1. The van der Waals surface area contributed by atoms with Crippen molar-refractivity contribution in [3.8, 4) is 28.4 Å². The Morgan fingerprint density at radius 2 is 0.900 bits per heavy atom. The Kier molecular flexibility index (Phi) is 13.8. The Hall–Kier alpha value is -9.69. The van der Waals surface area contributed by atoms with Gasteiger partial charge in [0.15, 0.2) is 0 Å². The van der Waals surface area contributed by atoms with Crippen LogP contribution in [0.5, 0.6) is 11.5 Å². The van der Waals surface area contributed by atoms with Crippen molar-refractivity contribution < 1.29 is 4.74 Å². The molecule has 0 aliphatic carbocycles. The number of hydrogen-bond donors (Lipinski definition) is 0. The Balaban J connectivity index is 0.974. The topological polar surface area (TPSA) is 35.2 Å². The first-order chi connectivity index (χ1) is 43.5. The van der Waals surface area contributed by atoms with Crippen molar-refractivity contribution in [2.75, 3.05) is 4.90 Å². The molecule has 0 amide bonds. The van der Waals surface area contributed by atoms with Gasteiger partial charge in [0.2, 0.25) is 0 Å². The number of benzene rings is 11. The average Bonchev–Trinajstić information content (AvgIpc) is 1.42. The van der Waals surface area contributed by atoms with Gasteiger partial charge in [-0.2, -0.15) is 0 Å². The Morgan fingerprint density at radius 3 is 1.57 bits per heavy atom. The van der Waals surface area contributed by atoms with Crippen molar-refractivity contribution in [3.05, 3.63) is 290 Å². The van der Waals surface area contributed by atoms with Gasteiger partial charge in [0.25, 0.3) is 0 Å². The number of rotatable bonds is 9. The fourth-order valence-corrected chi connectivity index (χ4v) is 24.4. The summed E-state index contributed by atoms with van der Waals surface area (Å²) >= 11 is -3.82. The molecule has 0 N–H and O–H groups in total. The van der Waals surface area contributed by atoms with Gasteiger partial charge in [0.05, 0.1) is 11.0 Å². The standard InChI is InChI=1S/C84H74GeN4O/c1-82(2,3)57-42-44-70-74-39-25-41-77-81(74)88(55-87(77)64-32-23-33-65(53-64)90-66-43-45-72-71-36-21-22-40-76(71)89(78(72)54-66)79-52-58(46-47-86-79)83(4,5)6)80-67(37-24-38-73(80)68-34-19-20-35-69(68)75(70)51-57)56-48-59(84(7,8)9)50-63(49-56)85(60-26-13-10-14-27-60,61-28-15-11-16-29-61)62-30-17-12-18-31-62/h10-54H,55H2,1-9H3. The molecular formula is C84H74GeN4O. The van der Waals surface area contributed by atoms with Gasteiger partial charge in [0.1, 0.15) is 11.6 Å². The predicted octanol–water partition coefficient (Wildman–Crippen LogP) is 19.6. The molecule has 5 nitrogen and oxygen atoms in total. The summed E-state index contributed by atoms with van der Waals surface area (Å²) in [5, 5.41) is 9.58. The average molecular weight is 1230 g/mol. The molecule has 0 spiro atoms. The zero-order chi connectivity index (χ0) is 61.7. The SMILES string of the molecule is CC(C)(C)c1cc(-c2cccc3c4ccccc4c4cc(C(C)(C)C)ccc4c4cccc5c4n(c23)CN5c2cccc(Oc3ccc4c5ccccc5n(-c5cc(C(C)(C)C)ccn5)c4c3)c2)c[c]([Ge]([c]2ccccc2)([c]2ccccc2)[c]2ccccc2)c1. The minimum atomic E-state index is -3.82. The molecule has 440 valence electrons. The van der Waals surface area contributed by atoms with Gasteiger partial charge in [-0.1, -0.05) is 59.7 Å². The van der Waals surface area contributed by atoms with E-state index in [0.717, 1.165) is 45.1 Å². The van der Waals surface area contributed by atoms with Crippen molar-refractivity contribution in [3.63, 3.8) is 0 Å². The van der Waals surface area contributed by atoms with E-state index < -0.39 is 13.3 Å². The third kappa shape index (κ3) is 9.64. The predicted molar refractivity (Wildman–Crippen MR) is 384 cm³/mol. The van der Waals surface area contributed by atoms with Crippen LogP contribution < -0.4 is 27.2 Å². The number of para-hydroxylation sites is 3. The van der Waals surface area contributed by atoms with Crippen LogP contribution >= 0.6 is 0 Å². The molecule has 6 heteroatoms. The van der Waals surface area contributed by atoms with E-state index in [1.54, 1.807) is 0 Å². The number of hydrogen-bond acceptors (Lipinski definition) is 3. The van der Waals surface area contributed by atoms with Gasteiger partial charge in [0, 0.05) is 23.0 Å². The van der Waals surface area contributed by atoms with Crippen LogP contribution in [0, 0.1) is 0 Å². The molecule has 0 saturated carbocycles. The van der Waals surface area contributed by atoms with Crippen molar-refractivity contribution in [1.29, 1.82) is 0 Å². The van der Waals surface area contributed by atoms with Gasteiger partial charge in [-0.05, 0) is 41.3 Å². The summed E-state index contributed by atoms with van der Waals surface area (Å²) in [7, 11) is 0. The van der Waals surface area contributed by atoms with Crippen molar-refractivity contribution in [2.24, 2.45) is 0 Å². The zero-order valence-corrected chi connectivity index (χ0v) is 55.0. The Morgan fingerprint density at radius 1 is 0.367 bits per heavy atom. The maximum atomic E-state index is 7.05. The van der Waals surface area contributed by atoms with Crippen LogP contribution in [-0.4, -0.2) is 27.4 Å². The molecule has 0 saturated heterocycles. The molecule has 1 aliphatic rings. The summed E-state index contributed by atoms with van der Waals surface area (Å²) in [6.45, 7) is 21.4. The van der Waals surface area contributed by atoms with E-state index in [1.807, 2.05) is 6.20 Å². The van der Waals surface area contributed by atoms with Crippen LogP contribution in [0.15, 0.2) is 273 Å². The molecular weight excluding hydrogens is 1150 g/mol. The molecule has 15 rings (SSSR count). The molecule has 0 atom stereocenters. The summed E-state index contributed by atoms with van der Waals surface area (Å²) in [5.74, 6) is 2.40. The number of nitrogens with zero attached hydrogens (tertiary/aromatic N) is 4. The van der Waals surface area contributed by atoms with Crippen LogP contribution in [-0.2, 0) is 22.9 Å². The van der Waals surface area contributed by atoms with Gasteiger partial charge in [-0.15, -0.1) is 0 Å². The van der Waals surface area contributed by atoms with E-state index in [0.29, 0.717) is 6.67 Å². The fourth-order valence-electron chi connectivity index (χ4n) is 14.3. The van der Waals surface area contributed by atoms with E-state index in [1.165, 1.54) is 94.1 Å². The van der Waals surface area contributed by atoms with Crippen LogP contribution in [0.2, 0.25) is 0 Å². The third-order valence-corrected chi connectivity index (χ3v) is 28.8. The molecule has 4 heterocycles. The summed E-state index contributed by atoms with van der Waals surface area (Å²) < 4.78 is 17.6. The van der Waals surface area contributed by atoms with Crippen molar-refractivity contribution >= 4 is 107 Å². The summed E-state index contributed by atoms with van der Waals surface area (Å²) in [6.07, 6.45) is 1.94. The van der Waals surface area contributed by atoms with E-state index in [-0.39, 0.29) is 16.2 Å². The maximum absolute atomic E-state index is 7.05. The molecule has 0 radical (unpaired) electrons. The van der Waals surface area contributed by atoms with Gasteiger partial charge >= 0.3 is 378 Å². The molecule has 0 unspecified atom stereocenters. The monoisotopic (exact) mass is 1230 g/mol. The van der Waals surface area contributed by atoms with E-state index >= 15 is 0 Å². The molecule has 11 aromatic carbocycles. The van der Waals surface area contributed by atoms with Crippen LogP contribution in [0.4, 0.5) is 11.4 Å². The number of ether oxygens (including phenoxy) is 1. The van der Waals surface area contributed by atoms with E-state index in [9.17, 15) is 0 Å². The Labute approximate surface area is 531 Å². The summed E-state index contributed by atoms with van der Waals surface area (Å²) in [6, 6.07) is 100. The third-order valence-electron chi connectivity index (χ3n) is 18.9. The molecule has 1 aliphatic heterocycles. The molecule has 0 fully saturated rings. The zero-order valence-electron chi connectivity index (χ0n) is 52.9. The molecule has 0 bridgehead atoms. The van der Waals surface area contributed by atoms with Gasteiger partial charge in [-0.25, -0.2) is 4.98 Å². The Bertz CT molecular complexity index is 5100. The number of fused-ring (bicyclic) bond motifs is 10. The quantitative estimate of drug-likeness (QED) is 0.135. The number of anilines is 2. The van der Waals surface area contributed by atoms with E-state index in [2.05, 4.69) is 343 Å². The molecule has 14 aromatic rings.